The summed E-state index contributed by atoms with van der Waals surface area (Å²) in [6.45, 7) is 7.13. The third kappa shape index (κ3) is 6.35. The maximum Gasteiger partial charge on any atom is 0.0693 e. The summed E-state index contributed by atoms with van der Waals surface area (Å²) in [4.78, 5) is 0. The van der Waals surface area contributed by atoms with E-state index >= 15 is 0 Å². The zero-order valence-corrected chi connectivity index (χ0v) is 9.92. The Hall–Kier alpha value is -0.120. The molecule has 3 nitrogen and oxygen atoms in total. The third-order valence-electron chi connectivity index (χ3n) is 2.73. The molecule has 0 bridgehead atoms. The Morgan fingerprint density at radius 3 is 2.50 bits per heavy atom. The second-order valence-corrected chi connectivity index (χ2v) is 3.89. The van der Waals surface area contributed by atoms with E-state index in [9.17, 15) is 5.11 Å². The van der Waals surface area contributed by atoms with Crippen molar-refractivity contribution in [2.45, 2.75) is 58.3 Å². The molecule has 2 N–H and O–H groups in total. The Kier molecular flexibility index (Phi) is 8.14. The van der Waals surface area contributed by atoms with Gasteiger partial charge >= 0.3 is 0 Å². The predicted octanol–water partition coefficient (Wildman–Crippen LogP) is 1.55. The number of aliphatic hydroxyl groups is 1. The topological polar surface area (TPSA) is 41.5 Å². The zero-order chi connectivity index (χ0) is 11.0. The van der Waals surface area contributed by atoms with Crippen LogP contribution in [-0.4, -0.2) is 37.0 Å². The van der Waals surface area contributed by atoms with Crippen LogP contribution in [0.1, 0.15) is 40.0 Å². The molecule has 0 rings (SSSR count). The first-order chi connectivity index (χ1) is 6.61. The fraction of sp³-hybridized carbons (Fsp3) is 1.00. The molecule has 3 atom stereocenters. The Morgan fingerprint density at radius 1 is 1.36 bits per heavy atom. The average molecular weight is 203 g/mol. The molecule has 14 heavy (non-hydrogen) atoms. The fourth-order valence-electron chi connectivity index (χ4n) is 1.24. The fourth-order valence-corrected chi connectivity index (χ4v) is 1.24. The van der Waals surface area contributed by atoms with Gasteiger partial charge in [0.1, 0.15) is 0 Å². The van der Waals surface area contributed by atoms with Crippen LogP contribution in [0.25, 0.3) is 0 Å². The number of nitrogens with one attached hydrogen (secondary N) is 1. The number of rotatable bonds is 8. The van der Waals surface area contributed by atoms with Crippen molar-refractivity contribution < 1.29 is 9.84 Å². The second kappa shape index (κ2) is 8.21. The van der Waals surface area contributed by atoms with Gasteiger partial charge in [-0.25, -0.2) is 0 Å². The van der Waals surface area contributed by atoms with E-state index < -0.39 is 0 Å². The summed E-state index contributed by atoms with van der Waals surface area (Å²) in [5, 5.41) is 12.7. The van der Waals surface area contributed by atoms with Gasteiger partial charge in [0.05, 0.1) is 12.2 Å². The van der Waals surface area contributed by atoms with Gasteiger partial charge in [-0.2, -0.15) is 0 Å². The Balaban J connectivity index is 3.35. The lowest BCUT2D eigenvalue weighted by Crippen LogP contribution is -2.37. The van der Waals surface area contributed by atoms with Crippen molar-refractivity contribution in [3.05, 3.63) is 0 Å². The first kappa shape index (κ1) is 13.9. The first-order valence-electron chi connectivity index (χ1n) is 5.56. The molecule has 0 aromatic heterocycles. The van der Waals surface area contributed by atoms with Gasteiger partial charge in [-0.1, -0.05) is 6.92 Å². The van der Waals surface area contributed by atoms with E-state index in [0.717, 1.165) is 25.8 Å². The normalized spacial score (nSPS) is 17.8. The van der Waals surface area contributed by atoms with Gasteiger partial charge in [-0.3, -0.25) is 0 Å². The van der Waals surface area contributed by atoms with Crippen LogP contribution >= 0.6 is 0 Å². The highest BCUT2D eigenvalue weighted by atomic mass is 16.5. The van der Waals surface area contributed by atoms with E-state index in [1.807, 2.05) is 6.92 Å². The van der Waals surface area contributed by atoms with Gasteiger partial charge in [-0.05, 0) is 39.7 Å². The quantitative estimate of drug-likeness (QED) is 0.588. The molecule has 0 aliphatic heterocycles. The van der Waals surface area contributed by atoms with E-state index in [1.54, 1.807) is 7.11 Å². The molecule has 86 valence electrons. The standard InChI is InChI=1S/C11H25NO2/c1-5-11(13)7-6-8-12-9(2)10(3)14-4/h9-13H,5-8H2,1-4H3. The highest BCUT2D eigenvalue weighted by Crippen LogP contribution is 2.01. The van der Waals surface area contributed by atoms with Gasteiger partial charge in [0, 0.05) is 13.2 Å². The van der Waals surface area contributed by atoms with Crippen LogP contribution in [0.15, 0.2) is 0 Å². The van der Waals surface area contributed by atoms with E-state index in [-0.39, 0.29) is 12.2 Å². The van der Waals surface area contributed by atoms with Crippen molar-refractivity contribution in [2.75, 3.05) is 13.7 Å². The van der Waals surface area contributed by atoms with Gasteiger partial charge in [0.2, 0.25) is 0 Å². The minimum Gasteiger partial charge on any atom is -0.393 e. The number of aliphatic hydroxyl groups excluding tert-OH is 1. The van der Waals surface area contributed by atoms with Crippen LogP contribution in [0.2, 0.25) is 0 Å². The first-order valence-corrected chi connectivity index (χ1v) is 5.56. The lowest BCUT2D eigenvalue weighted by atomic mass is 10.1. The molecule has 3 heteroatoms. The molecular formula is C11H25NO2. The summed E-state index contributed by atoms with van der Waals surface area (Å²) in [7, 11) is 1.73. The van der Waals surface area contributed by atoms with Gasteiger partial charge in [0.15, 0.2) is 0 Å². The largest absolute Gasteiger partial charge is 0.393 e. The number of hydrogen-bond acceptors (Lipinski definition) is 3. The molecule has 0 fully saturated rings. The molecule has 0 aliphatic carbocycles. The molecule has 0 aromatic rings. The molecule has 0 aliphatic rings. The van der Waals surface area contributed by atoms with Crippen LogP contribution < -0.4 is 5.32 Å². The molecule has 0 saturated heterocycles. The molecule has 0 saturated carbocycles. The minimum absolute atomic E-state index is 0.132. The summed E-state index contributed by atoms with van der Waals surface area (Å²) in [6.07, 6.45) is 2.87. The van der Waals surface area contributed by atoms with Gasteiger partial charge in [-0.15, -0.1) is 0 Å². The molecule has 0 radical (unpaired) electrons. The molecule has 0 spiro atoms. The SMILES string of the molecule is CCC(O)CCCNC(C)C(C)OC. The van der Waals surface area contributed by atoms with E-state index in [0.29, 0.717) is 6.04 Å². The Bertz CT molecular complexity index is 130. The summed E-state index contributed by atoms with van der Waals surface area (Å²) < 4.78 is 5.20. The highest BCUT2D eigenvalue weighted by Gasteiger charge is 2.09. The van der Waals surface area contributed by atoms with E-state index in [1.165, 1.54) is 0 Å². The summed E-state index contributed by atoms with van der Waals surface area (Å²) in [5.74, 6) is 0. The van der Waals surface area contributed by atoms with E-state index in [2.05, 4.69) is 19.2 Å². The van der Waals surface area contributed by atoms with Crippen molar-refractivity contribution in [3.63, 3.8) is 0 Å². The molecule has 3 unspecified atom stereocenters. The van der Waals surface area contributed by atoms with Crippen LogP contribution in [0.3, 0.4) is 0 Å². The maximum atomic E-state index is 9.33. The van der Waals surface area contributed by atoms with Crippen molar-refractivity contribution in [2.24, 2.45) is 0 Å². The van der Waals surface area contributed by atoms with Crippen LogP contribution in [0, 0.1) is 0 Å². The van der Waals surface area contributed by atoms with Crippen molar-refractivity contribution in [1.29, 1.82) is 0 Å². The van der Waals surface area contributed by atoms with Crippen molar-refractivity contribution >= 4 is 0 Å². The van der Waals surface area contributed by atoms with Crippen LogP contribution in [0.5, 0.6) is 0 Å². The minimum atomic E-state index is -0.132. The number of ether oxygens (including phenoxy) is 1. The molecule has 0 heterocycles. The summed E-state index contributed by atoms with van der Waals surface area (Å²) in [5.41, 5.74) is 0. The number of methoxy groups -OCH3 is 1. The Morgan fingerprint density at radius 2 is 2.00 bits per heavy atom. The second-order valence-electron chi connectivity index (χ2n) is 3.89. The third-order valence-corrected chi connectivity index (χ3v) is 2.73. The molecular weight excluding hydrogens is 178 g/mol. The van der Waals surface area contributed by atoms with Crippen LogP contribution in [-0.2, 0) is 4.74 Å². The smallest absolute Gasteiger partial charge is 0.0693 e. The van der Waals surface area contributed by atoms with E-state index in [4.69, 9.17) is 4.74 Å². The summed E-state index contributed by atoms with van der Waals surface area (Å²) >= 11 is 0. The highest BCUT2D eigenvalue weighted by molar-refractivity contribution is 4.68. The number of hydrogen-bond donors (Lipinski definition) is 2. The zero-order valence-electron chi connectivity index (χ0n) is 9.92. The predicted molar refractivity (Wildman–Crippen MR) is 59.5 cm³/mol. The van der Waals surface area contributed by atoms with Gasteiger partial charge < -0.3 is 15.2 Å². The van der Waals surface area contributed by atoms with Gasteiger partial charge in [0.25, 0.3) is 0 Å². The van der Waals surface area contributed by atoms with Crippen LogP contribution in [0.4, 0.5) is 0 Å². The lowest BCUT2D eigenvalue weighted by Gasteiger charge is -2.20. The molecule has 0 aromatic carbocycles. The van der Waals surface area contributed by atoms with Crippen molar-refractivity contribution in [1.82, 2.24) is 5.32 Å². The van der Waals surface area contributed by atoms with Crippen molar-refractivity contribution in [3.8, 4) is 0 Å². The average Bonchev–Trinajstić information content (AvgIpc) is 2.22. The summed E-state index contributed by atoms with van der Waals surface area (Å²) in [6, 6.07) is 0.374. The molecule has 0 amide bonds. The Labute approximate surface area is 87.8 Å². The lowest BCUT2D eigenvalue weighted by molar-refractivity contribution is 0.0879. The monoisotopic (exact) mass is 203 g/mol. The maximum absolute atomic E-state index is 9.33.